The van der Waals surface area contributed by atoms with E-state index in [1.165, 1.54) is 10.6 Å². The lowest BCUT2D eigenvalue weighted by Gasteiger charge is -2.17. The smallest absolute Gasteiger partial charge is 0.196 e. The Morgan fingerprint density at radius 2 is 2.07 bits per heavy atom. The maximum atomic E-state index is 9.46. The van der Waals surface area contributed by atoms with E-state index >= 15 is 0 Å². The Bertz CT molecular complexity index is 1270. The summed E-state index contributed by atoms with van der Waals surface area (Å²) in [6.45, 7) is 1.82. The molecule has 0 radical (unpaired) electrons. The van der Waals surface area contributed by atoms with Crippen LogP contribution in [0.2, 0.25) is 0 Å². The Kier molecular flexibility index (Phi) is 4.23. The molecule has 30 heavy (non-hydrogen) atoms. The number of aliphatic hydroxyl groups excluding tert-OH is 1. The van der Waals surface area contributed by atoms with Crippen molar-refractivity contribution >= 4 is 22.3 Å². The summed E-state index contributed by atoms with van der Waals surface area (Å²) in [6, 6.07) is 14.1. The van der Waals surface area contributed by atoms with Crippen LogP contribution in [0.3, 0.4) is 0 Å². The van der Waals surface area contributed by atoms with Gasteiger partial charge in [0.1, 0.15) is 5.69 Å². The summed E-state index contributed by atoms with van der Waals surface area (Å²) in [4.78, 5) is 4.41. The molecule has 1 aliphatic carbocycles. The normalized spacial score (nSPS) is 16.7. The predicted molar refractivity (Wildman–Crippen MR) is 113 cm³/mol. The summed E-state index contributed by atoms with van der Waals surface area (Å²) < 4.78 is 1.80. The second kappa shape index (κ2) is 6.82. The highest BCUT2D eigenvalue weighted by Crippen LogP contribution is 2.53. The van der Waals surface area contributed by atoms with E-state index in [2.05, 4.69) is 44.5 Å². The van der Waals surface area contributed by atoms with Crippen molar-refractivity contribution in [2.24, 2.45) is 10.8 Å². The first-order chi connectivity index (χ1) is 14.5. The molecule has 0 spiro atoms. The fourth-order valence-corrected chi connectivity index (χ4v) is 3.77. The van der Waals surface area contributed by atoms with Gasteiger partial charge in [0.2, 0.25) is 0 Å². The number of hydrogen-bond donors (Lipinski definition) is 2. The number of aliphatic hydroxyl groups is 1. The molecule has 1 aliphatic rings. The standard InChI is InChI=1S/C21H22N8O/c1-13(26-28(2)20(22)30)16-7-8-18-24-25-19(29(18)27-16)21(9-10-21)15-5-6-17-14(12-15)4-3-11-23-17/h3-8,11-12,20,30H,9-10,22H2,1-2H3. The van der Waals surface area contributed by atoms with Crippen LogP contribution in [0.1, 0.15) is 36.8 Å². The first-order valence-electron chi connectivity index (χ1n) is 9.78. The summed E-state index contributed by atoms with van der Waals surface area (Å²) >= 11 is 0. The van der Waals surface area contributed by atoms with E-state index in [1.807, 2.05) is 25.1 Å². The third-order valence-electron chi connectivity index (χ3n) is 5.66. The summed E-state index contributed by atoms with van der Waals surface area (Å²) in [5.41, 5.74) is 9.39. The van der Waals surface area contributed by atoms with E-state index in [4.69, 9.17) is 10.8 Å². The number of nitrogens with two attached hydrogens (primary N) is 1. The molecule has 3 aromatic heterocycles. The minimum absolute atomic E-state index is 0.204. The number of hydrazone groups is 1. The number of aromatic nitrogens is 5. The summed E-state index contributed by atoms with van der Waals surface area (Å²) in [6.07, 6.45) is 2.60. The lowest BCUT2D eigenvalue weighted by molar-refractivity contribution is 0.0300. The molecule has 0 saturated heterocycles. The van der Waals surface area contributed by atoms with Crippen molar-refractivity contribution in [3.05, 3.63) is 65.7 Å². The van der Waals surface area contributed by atoms with E-state index < -0.39 is 6.35 Å². The number of hydrogen-bond acceptors (Lipinski definition) is 8. The maximum Gasteiger partial charge on any atom is 0.196 e. The van der Waals surface area contributed by atoms with E-state index in [9.17, 15) is 5.11 Å². The van der Waals surface area contributed by atoms with Gasteiger partial charge < -0.3 is 5.11 Å². The van der Waals surface area contributed by atoms with Gasteiger partial charge in [0.25, 0.3) is 0 Å². The van der Waals surface area contributed by atoms with Gasteiger partial charge in [-0.05, 0) is 55.7 Å². The lowest BCUT2D eigenvalue weighted by Crippen LogP contribution is -2.35. The summed E-state index contributed by atoms with van der Waals surface area (Å²) in [5, 5.41) is 29.7. The first kappa shape index (κ1) is 18.6. The number of nitrogens with zero attached hydrogens (tertiary/aromatic N) is 7. The van der Waals surface area contributed by atoms with Crippen molar-refractivity contribution < 1.29 is 5.11 Å². The molecule has 152 valence electrons. The van der Waals surface area contributed by atoms with Crippen LogP contribution in [0.5, 0.6) is 0 Å². The molecule has 1 unspecified atom stereocenters. The average molecular weight is 402 g/mol. The Balaban J connectivity index is 1.58. The van der Waals surface area contributed by atoms with Gasteiger partial charge in [0.05, 0.1) is 16.6 Å². The van der Waals surface area contributed by atoms with E-state index in [0.29, 0.717) is 17.1 Å². The van der Waals surface area contributed by atoms with Gasteiger partial charge in [0.15, 0.2) is 17.8 Å². The van der Waals surface area contributed by atoms with Gasteiger partial charge in [0, 0.05) is 18.6 Å². The van der Waals surface area contributed by atoms with Crippen molar-refractivity contribution in [2.75, 3.05) is 7.05 Å². The fourth-order valence-electron chi connectivity index (χ4n) is 3.77. The molecule has 3 heterocycles. The van der Waals surface area contributed by atoms with Crippen molar-refractivity contribution in [2.45, 2.75) is 31.5 Å². The molecule has 3 N–H and O–H groups in total. The quantitative estimate of drug-likeness (QED) is 0.296. The second-order valence-electron chi connectivity index (χ2n) is 7.68. The van der Waals surface area contributed by atoms with Gasteiger partial charge in [-0.3, -0.25) is 15.7 Å². The summed E-state index contributed by atoms with van der Waals surface area (Å²) in [5.74, 6) is 0.822. The molecule has 1 atom stereocenters. The van der Waals surface area contributed by atoms with Gasteiger partial charge >= 0.3 is 0 Å². The molecular weight excluding hydrogens is 380 g/mol. The number of rotatable bonds is 5. The van der Waals surface area contributed by atoms with Crippen LogP contribution in [0.15, 0.2) is 53.8 Å². The van der Waals surface area contributed by atoms with Crippen molar-refractivity contribution in [1.82, 2.24) is 29.8 Å². The third-order valence-corrected chi connectivity index (χ3v) is 5.66. The largest absolute Gasteiger partial charge is 0.360 e. The number of fused-ring (bicyclic) bond motifs is 2. The van der Waals surface area contributed by atoms with Crippen LogP contribution >= 0.6 is 0 Å². The zero-order valence-corrected chi connectivity index (χ0v) is 16.8. The highest BCUT2D eigenvalue weighted by molar-refractivity contribution is 5.96. The van der Waals surface area contributed by atoms with Gasteiger partial charge in [-0.2, -0.15) is 14.7 Å². The molecule has 9 nitrogen and oxygen atoms in total. The molecule has 0 amide bonds. The van der Waals surface area contributed by atoms with Crippen LogP contribution in [0.4, 0.5) is 0 Å². The minimum Gasteiger partial charge on any atom is -0.360 e. The van der Waals surface area contributed by atoms with Crippen LogP contribution < -0.4 is 5.73 Å². The average Bonchev–Trinajstić information content (AvgIpc) is 3.45. The van der Waals surface area contributed by atoms with Crippen LogP contribution in [-0.4, -0.2) is 54.0 Å². The Morgan fingerprint density at radius 3 is 2.83 bits per heavy atom. The van der Waals surface area contributed by atoms with Crippen molar-refractivity contribution in [3.8, 4) is 0 Å². The number of benzene rings is 1. The molecule has 0 bridgehead atoms. The molecule has 4 aromatic rings. The second-order valence-corrected chi connectivity index (χ2v) is 7.68. The molecular formula is C21H22N8O. The van der Waals surface area contributed by atoms with Gasteiger partial charge in [-0.15, -0.1) is 10.2 Å². The fraction of sp³-hybridized carbons (Fsp3) is 0.286. The summed E-state index contributed by atoms with van der Waals surface area (Å²) in [7, 11) is 1.60. The Hall–Kier alpha value is -3.43. The van der Waals surface area contributed by atoms with Crippen LogP contribution in [0.25, 0.3) is 16.6 Å². The van der Waals surface area contributed by atoms with Crippen LogP contribution in [-0.2, 0) is 5.41 Å². The highest BCUT2D eigenvalue weighted by Gasteiger charge is 2.50. The molecule has 5 rings (SSSR count). The van der Waals surface area contributed by atoms with Gasteiger partial charge in [-0.1, -0.05) is 12.1 Å². The Morgan fingerprint density at radius 1 is 1.23 bits per heavy atom. The van der Waals surface area contributed by atoms with Crippen LogP contribution in [0, 0.1) is 0 Å². The molecule has 1 saturated carbocycles. The predicted octanol–water partition coefficient (Wildman–Crippen LogP) is 1.64. The zero-order chi connectivity index (χ0) is 20.9. The molecule has 0 aliphatic heterocycles. The lowest BCUT2D eigenvalue weighted by atomic mass is 9.94. The maximum absolute atomic E-state index is 9.46. The van der Waals surface area contributed by atoms with Crippen molar-refractivity contribution in [1.29, 1.82) is 0 Å². The monoisotopic (exact) mass is 402 g/mol. The topological polar surface area (TPSA) is 118 Å². The highest BCUT2D eigenvalue weighted by atomic mass is 16.3. The molecule has 1 aromatic carbocycles. The minimum atomic E-state index is -1.17. The molecule has 1 fully saturated rings. The van der Waals surface area contributed by atoms with E-state index in [-0.39, 0.29) is 5.41 Å². The van der Waals surface area contributed by atoms with Crippen molar-refractivity contribution in [3.63, 3.8) is 0 Å². The Labute approximate surface area is 172 Å². The van der Waals surface area contributed by atoms with Gasteiger partial charge in [-0.25, -0.2) is 0 Å². The number of pyridine rings is 1. The third kappa shape index (κ3) is 2.99. The van der Waals surface area contributed by atoms with E-state index in [1.54, 1.807) is 17.8 Å². The zero-order valence-electron chi connectivity index (χ0n) is 16.8. The first-order valence-corrected chi connectivity index (χ1v) is 9.78. The molecule has 9 heteroatoms. The van der Waals surface area contributed by atoms with E-state index in [0.717, 1.165) is 29.6 Å². The SMILES string of the molecule is CC(=NN(C)C(N)O)c1ccc2nnc(C3(c4ccc5ncccc5c4)CC3)n2n1.